The Balaban J connectivity index is 1.11. The van der Waals surface area contributed by atoms with E-state index in [-0.39, 0.29) is 5.91 Å². The van der Waals surface area contributed by atoms with E-state index in [2.05, 4.69) is 35.9 Å². The summed E-state index contributed by atoms with van der Waals surface area (Å²) in [7, 11) is 0. The molecule has 6 rings (SSSR count). The van der Waals surface area contributed by atoms with Gasteiger partial charge in [-0.3, -0.25) is 19.6 Å². The predicted molar refractivity (Wildman–Crippen MR) is 135 cm³/mol. The number of pyridine rings is 1. The van der Waals surface area contributed by atoms with Crippen molar-refractivity contribution in [2.45, 2.75) is 13.0 Å². The summed E-state index contributed by atoms with van der Waals surface area (Å²) in [4.78, 5) is 16.8. The lowest BCUT2D eigenvalue weighted by Gasteiger charge is -2.05. The molecule has 176 valence electrons. The van der Waals surface area contributed by atoms with Crippen molar-refractivity contribution < 1.29 is 4.79 Å². The topological polar surface area (TPSA) is 119 Å². The summed E-state index contributed by atoms with van der Waals surface area (Å²) in [5.41, 5.74) is 5.49. The van der Waals surface area contributed by atoms with Gasteiger partial charge in [0.05, 0.1) is 29.3 Å². The van der Waals surface area contributed by atoms with Crippen LogP contribution >= 0.6 is 0 Å². The number of fused-ring (bicyclic) bond motifs is 1. The Bertz CT molecular complexity index is 1630. The molecule has 2 aromatic carbocycles. The van der Waals surface area contributed by atoms with Gasteiger partial charge in [0.25, 0.3) is 5.91 Å². The number of aryl methyl sites for hydroxylation is 2. The lowest BCUT2D eigenvalue weighted by Crippen LogP contribution is -2.11. The summed E-state index contributed by atoms with van der Waals surface area (Å²) in [5, 5.41) is 24.1. The van der Waals surface area contributed by atoms with Crippen LogP contribution in [0.2, 0.25) is 0 Å². The first-order valence-electron chi connectivity index (χ1n) is 11.4. The number of rotatable bonds is 7. The van der Waals surface area contributed by atoms with E-state index in [0.717, 1.165) is 28.7 Å². The van der Waals surface area contributed by atoms with Crippen LogP contribution < -0.4 is 5.32 Å². The average Bonchev–Trinajstić information content (AvgIpc) is 3.68. The van der Waals surface area contributed by atoms with Crippen molar-refractivity contribution in [1.29, 1.82) is 0 Å². The van der Waals surface area contributed by atoms with Crippen LogP contribution in [0.1, 0.15) is 15.9 Å². The number of nitrogens with one attached hydrogen (secondary N) is 2. The molecule has 10 nitrogen and oxygen atoms in total. The van der Waals surface area contributed by atoms with Crippen molar-refractivity contribution in [2.24, 2.45) is 0 Å². The quantitative estimate of drug-likeness (QED) is 0.361. The minimum Gasteiger partial charge on any atom is -0.319 e. The van der Waals surface area contributed by atoms with Gasteiger partial charge < -0.3 is 5.32 Å². The van der Waals surface area contributed by atoms with Crippen molar-refractivity contribution >= 4 is 22.5 Å². The molecule has 0 spiro atoms. The van der Waals surface area contributed by atoms with Crippen molar-refractivity contribution in [2.75, 3.05) is 5.32 Å². The van der Waals surface area contributed by atoms with E-state index in [1.807, 2.05) is 65.6 Å². The van der Waals surface area contributed by atoms with Gasteiger partial charge in [0, 0.05) is 36.1 Å². The summed E-state index contributed by atoms with van der Waals surface area (Å²) in [6, 6.07) is 19.0. The highest BCUT2D eigenvalue weighted by molar-refractivity contribution is 6.04. The van der Waals surface area contributed by atoms with Crippen LogP contribution in [-0.4, -0.2) is 45.9 Å². The molecule has 0 aliphatic carbocycles. The fourth-order valence-electron chi connectivity index (χ4n) is 3.97. The van der Waals surface area contributed by atoms with Crippen LogP contribution in [0.3, 0.4) is 0 Å². The van der Waals surface area contributed by atoms with Crippen LogP contribution in [0.4, 0.5) is 5.69 Å². The standard InChI is InChI=1S/C26H21N9O/c36-26(29-20-15-28-34(16-20)14-11-18-9-12-27-13-10-18)19-5-7-21(8-6-19)35-17-24(31-33-35)25-22-3-1-2-4-23(22)30-32-25/h1-10,12-13,15-17H,11,14H2,(H,29,36)(H,30,32). The molecule has 0 bridgehead atoms. The second kappa shape index (κ2) is 9.26. The number of H-pyrrole nitrogens is 1. The van der Waals surface area contributed by atoms with Gasteiger partial charge in [-0.1, -0.05) is 23.4 Å². The highest BCUT2D eigenvalue weighted by atomic mass is 16.1. The second-order valence-corrected chi connectivity index (χ2v) is 8.26. The van der Waals surface area contributed by atoms with Crippen LogP contribution in [0.5, 0.6) is 0 Å². The largest absolute Gasteiger partial charge is 0.319 e. The first-order valence-corrected chi connectivity index (χ1v) is 11.4. The van der Waals surface area contributed by atoms with Gasteiger partial charge in [0.15, 0.2) is 0 Å². The normalized spacial score (nSPS) is 11.1. The Morgan fingerprint density at radius 2 is 1.81 bits per heavy atom. The third-order valence-corrected chi connectivity index (χ3v) is 5.87. The number of anilines is 1. The molecule has 10 heteroatoms. The Morgan fingerprint density at radius 1 is 0.972 bits per heavy atom. The number of benzene rings is 2. The molecular formula is C26H21N9O. The fraction of sp³-hybridized carbons (Fsp3) is 0.0769. The summed E-state index contributed by atoms with van der Waals surface area (Å²) in [5.74, 6) is -0.211. The maximum Gasteiger partial charge on any atom is 0.255 e. The first kappa shape index (κ1) is 21.4. The van der Waals surface area contributed by atoms with Crippen molar-refractivity contribution in [3.05, 3.63) is 103 Å². The molecule has 0 fully saturated rings. The summed E-state index contributed by atoms with van der Waals surface area (Å²) in [6.07, 6.45) is 9.67. The average molecular weight is 476 g/mol. The highest BCUT2D eigenvalue weighted by Crippen LogP contribution is 2.24. The van der Waals surface area contributed by atoms with E-state index in [4.69, 9.17) is 0 Å². The number of hydrogen-bond donors (Lipinski definition) is 2. The molecule has 0 saturated heterocycles. The number of aromatic nitrogens is 8. The molecular weight excluding hydrogens is 454 g/mol. The lowest BCUT2D eigenvalue weighted by molar-refractivity contribution is 0.102. The van der Waals surface area contributed by atoms with Gasteiger partial charge in [-0.2, -0.15) is 10.2 Å². The number of aromatic amines is 1. The number of nitrogens with zero attached hydrogens (tertiary/aromatic N) is 7. The van der Waals surface area contributed by atoms with Crippen LogP contribution in [-0.2, 0) is 13.0 Å². The number of carbonyl (C=O) groups is 1. The number of para-hydroxylation sites is 1. The summed E-state index contributed by atoms with van der Waals surface area (Å²) in [6.45, 7) is 0.711. The molecule has 1 amide bonds. The molecule has 6 aromatic rings. The van der Waals surface area contributed by atoms with E-state index < -0.39 is 0 Å². The van der Waals surface area contributed by atoms with Crippen LogP contribution in [0.15, 0.2) is 91.6 Å². The maximum atomic E-state index is 12.7. The molecule has 0 unspecified atom stereocenters. The number of amides is 1. The van der Waals surface area contributed by atoms with E-state index in [1.54, 1.807) is 35.4 Å². The smallest absolute Gasteiger partial charge is 0.255 e. The van der Waals surface area contributed by atoms with E-state index in [1.165, 1.54) is 5.56 Å². The molecule has 2 N–H and O–H groups in total. The van der Waals surface area contributed by atoms with Gasteiger partial charge in [-0.25, -0.2) is 4.68 Å². The number of carbonyl (C=O) groups excluding carboxylic acids is 1. The van der Waals surface area contributed by atoms with E-state index in [0.29, 0.717) is 23.5 Å². The molecule has 0 atom stereocenters. The van der Waals surface area contributed by atoms with Gasteiger partial charge in [0.2, 0.25) is 0 Å². The van der Waals surface area contributed by atoms with E-state index >= 15 is 0 Å². The van der Waals surface area contributed by atoms with Gasteiger partial charge >= 0.3 is 0 Å². The molecule has 4 heterocycles. The Hall–Kier alpha value is -5.12. The number of hydrogen-bond acceptors (Lipinski definition) is 6. The minimum atomic E-state index is -0.211. The van der Waals surface area contributed by atoms with Gasteiger partial charge in [-0.05, 0) is 54.4 Å². The van der Waals surface area contributed by atoms with Crippen LogP contribution in [0, 0.1) is 0 Å². The Morgan fingerprint density at radius 3 is 2.67 bits per heavy atom. The molecule has 0 aliphatic heterocycles. The van der Waals surface area contributed by atoms with Gasteiger partial charge in [-0.15, -0.1) is 5.10 Å². The Labute approximate surface area is 205 Å². The summed E-state index contributed by atoms with van der Waals surface area (Å²) >= 11 is 0. The maximum absolute atomic E-state index is 12.7. The van der Waals surface area contributed by atoms with Gasteiger partial charge in [0.1, 0.15) is 11.4 Å². The zero-order chi connectivity index (χ0) is 24.3. The fourth-order valence-corrected chi connectivity index (χ4v) is 3.97. The highest BCUT2D eigenvalue weighted by Gasteiger charge is 2.13. The molecule has 0 saturated carbocycles. The Kier molecular flexibility index (Phi) is 5.51. The molecule has 0 radical (unpaired) electrons. The summed E-state index contributed by atoms with van der Waals surface area (Å²) < 4.78 is 3.47. The lowest BCUT2D eigenvalue weighted by atomic mass is 10.2. The zero-order valence-electron chi connectivity index (χ0n) is 19.1. The first-order chi connectivity index (χ1) is 17.7. The van der Waals surface area contributed by atoms with E-state index in [9.17, 15) is 4.79 Å². The van der Waals surface area contributed by atoms with Crippen molar-refractivity contribution in [1.82, 2.24) is 40.0 Å². The van der Waals surface area contributed by atoms with Crippen LogP contribution in [0.25, 0.3) is 28.0 Å². The molecule has 0 aliphatic rings. The minimum absolute atomic E-state index is 0.211. The van der Waals surface area contributed by atoms with Crippen molar-refractivity contribution in [3.8, 4) is 17.1 Å². The predicted octanol–water partition coefficient (Wildman–Crippen LogP) is 3.90. The molecule has 4 aromatic heterocycles. The second-order valence-electron chi connectivity index (χ2n) is 8.26. The SMILES string of the molecule is O=C(Nc1cnn(CCc2ccncc2)c1)c1ccc(-n2cc(-c3n[nH]c4ccccc34)nn2)cc1. The third-order valence-electron chi connectivity index (χ3n) is 5.87. The van der Waals surface area contributed by atoms with Crippen molar-refractivity contribution in [3.63, 3.8) is 0 Å². The third kappa shape index (κ3) is 4.34. The molecule has 36 heavy (non-hydrogen) atoms. The zero-order valence-corrected chi connectivity index (χ0v) is 19.1. The monoisotopic (exact) mass is 475 g/mol.